The highest BCUT2D eigenvalue weighted by atomic mass is 16.1. The Morgan fingerprint density at radius 1 is 0.731 bits per heavy atom. The van der Waals surface area contributed by atoms with E-state index in [9.17, 15) is 4.79 Å². The highest BCUT2D eigenvalue weighted by molar-refractivity contribution is 6.04. The summed E-state index contributed by atoms with van der Waals surface area (Å²) in [5.74, 6) is -0.128. The molecular weight excluding hydrogens is 322 g/mol. The Hall–Kier alpha value is -3.66. The Morgan fingerprint density at radius 3 is 2.27 bits per heavy atom. The Labute approximate surface area is 151 Å². The first-order valence-electron chi connectivity index (χ1n) is 8.37. The SMILES string of the molecule is O=C(Nc1ccccc1)c1ccc(Nc2ccnc3ccccc23)cc1. The van der Waals surface area contributed by atoms with Crippen LogP contribution in [0.3, 0.4) is 0 Å². The van der Waals surface area contributed by atoms with Crippen molar-refractivity contribution in [1.82, 2.24) is 4.98 Å². The summed E-state index contributed by atoms with van der Waals surface area (Å²) in [4.78, 5) is 16.7. The standard InChI is InChI=1S/C22H17N3O/c26-22(25-17-6-2-1-3-7-17)16-10-12-18(13-11-16)24-21-14-15-23-20-9-5-4-8-19(20)21/h1-15H,(H,23,24)(H,25,26). The van der Waals surface area contributed by atoms with E-state index in [-0.39, 0.29) is 5.91 Å². The van der Waals surface area contributed by atoms with Gasteiger partial charge in [-0.2, -0.15) is 0 Å². The number of benzene rings is 3. The summed E-state index contributed by atoms with van der Waals surface area (Å²) < 4.78 is 0. The zero-order chi connectivity index (χ0) is 17.8. The molecular formula is C22H17N3O. The number of fused-ring (bicyclic) bond motifs is 1. The third-order valence-corrected chi connectivity index (χ3v) is 4.11. The minimum absolute atomic E-state index is 0.128. The molecule has 4 rings (SSSR count). The third kappa shape index (κ3) is 3.39. The van der Waals surface area contributed by atoms with Crippen LogP contribution < -0.4 is 10.6 Å². The van der Waals surface area contributed by atoms with Crippen molar-refractivity contribution in [1.29, 1.82) is 0 Å². The molecule has 1 aromatic heterocycles. The number of aromatic nitrogens is 1. The molecule has 0 bridgehead atoms. The van der Waals surface area contributed by atoms with Gasteiger partial charge in [-0.15, -0.1) is 0 Å². The maximum absolute atomic E-state index is 12.3. The van der Waals surface area contributed by atoms with Gasteiger partial charge in [-0.1, -0.05) is 36.4 Å². The summed E-state index contributed by atoms with van der Waals surface area (Å²) in [5.41, 5.74) is 4.23. The molecule has 0 spiro atoms. The first-order valence-corrected chi connectivity index (χ1v) is 8.37. The second-order valence-electron chi connectivity index (χ2n) is 5.90. The quantitative estimate of drug-likeness (QED) is 0.535. The number of hydrogen-bond donors (Lipinski definition) is 2. The number of carbonyl (C=O) groups excluding carboxylic acids is 1. The van der Waals surface area contributed by atoms with E-state index < -0.39 is 0 Å². The molecule has 0 atom stereocenters. The van der Waals surface area contributed by atoms with E-state index in [2.05, 4.69) is 15.6 Å². The van der Waals surface area contributed by atoms with Crippen LogP contribution in [0.5, 0.6) is 0 Å². The molecule has 3 aromatic carbocycles. The number of amides is 1. The van der Waals surface area contributed by atoms with Gasteiger partial charge in [0.05, 0.1) is 5.52 Å². The first-order chi connectivity index (χ1) is 12.8. The predicted molar refractivity (Wildman–Crippen MR) is 106 cm³/mol. The van der Waals surface area contributed by atoms with E-state index in [1.165, 1.54) is 0 Å². The second kappa shape index (κ2) is 7.07. The van der Waals surface area contributed by atoms with Gasteiger partial charge < -0.3 is 10.6 Å². The van der Waals surface area contributed by atoms with E-state index in [4.69, 9.17) is 0 Å². The Kier molecular flexibility index (Phi) is 4.31. The lowest BCUT2D eigenvalue weighted by molar-refractivity contribution is 0.102. The minimum Gasteiger partial charge on any atom is -0.355 e. The van der Waals surface area contributed by atoms with Crippen molar-refractivity contribution in [3.63, 3.8) is 0 Å². The van der Waals surface area contributed by atoms with E-state index in [1.54, 1.807) is 6.20 Å². The van der Waals surface area contributed by atoms with Crippen molar-refractivity contribution in [3.05, 3.63) is 96.7 Å². The van der Waals surface area contributed by atoms with Gasteiger partial charge in [-0.25, -0.2) is 0 Å². The van der Waals surface area contributed by atoms with Crippen LogP contribution in [-0.2, 0) is 0 Å². The van der Waals surface area contributed by atoms with Gasteiger partial charge in [0.2, 0.25) is 0 Å². The van der Waals surface area contributed by atoms with Crippen LogP contribution in [0.2, 0.25) is 0 Å². The lowest BCUT2D eigenvalue weighted by Crippen LogP contribution is -2.11. The van der Waals surface area contributed by atoms with Gasteiger partial charge in [0.25, 0.3) is 5.91 Å². The monoisotopic (exact) mass is 339 g/mol. The molecule has 0 fully saturated rings. The van der Waals surface area contributed by atoms with Crippen LogP contribution in [0, 0.1) is 0 Å². The number of carbonyl (C=O) groups is 1. The average Bonchev–Trinajstić information content (AvgIpc) is 2.70. The molecule has 2 N–H and O–H groups in total. The molecule has 1 heterocycles. The fourth-order valence-electron chi connectivity index (χ4n) is 2.79. The maximum Gasteiger partial charge on any atom is 0.255 e. The number of rotatable bonds is 4. The van der Waals surface area contributed by atoms with Gasteiger partial charge >= 0.3 is 0 Å². The van der Waals surface area contributed by atoms with Crippen LogP contribution in [0.15, 0.2) is 91.1 Å². The highest BCUT2D eigenvalue weighted by Crippen LogP contribution is 2.25. The van der Waals surface area contributed by atoms with Crippen molar-refractivity contribution in [2.45, 2.75) is 0 Å². The van der Waals surface area contributed by atoms with Crippen molar-refractivity contribution in [2.75, 3.05) is 10.6 Å². The number of pyridine rings is 1. The van der Waals surface area contributed by atoms with E-state index in [0.717, 1.165) is 28.0 Å². The molecule has 0 saturated heterocycles. The first kappa shape index (κ1) is 15.8. The molecule has 26 heavy (non-hydrogen) atoms. The molecule has 1 amide bonds. The summed E-state index contributed by atoms with van der Waals surface area (Å²) in [7, 11) is 0. The molecule has 0 radical (unpaired) electrons. The lowest BCUT2D eigenvalue weighted by Gasteiger charge is -2.10. The predicted octanol–water partition coefficient (Wildman–Crippen LogP) is 5.23. The van der Waals surface area contributed by atoms with Crippen LogP contribution >= 0.6 is 0 Å². The van der Waals surface area contributed by atoms with Crippen LogP contribution in [0.25, 0.3) is 10.9 Å². The van der Waals surface area contributed by atoms with Crippen LogP contribution in [-0.4, -0.2) is 10.9 Å². The van der Waals surface area contributed by atoms with Crippen molar-refractivity contribution >= 4 is 33.9 Å². The number of hydrogen-bond acceptors (Lipinski definition) is 3. The molecule has 4 nitrogen and oxygen atoms in total. The second-order valence-corrected chi connectivity index (χ2v) is 5.90. The van der Waals surface area contributed by atoms with Crippen molar-refractivity contribution < 1.29 is 4.79 Å². The van der Waals surface area contributed by atoms with Crippen molar-refractivity contribution in [2.24, 2.45) is 0 Å². The molecule has 0 aliphatic heterocycles. The van der Waals surface area contributed by atoms with E-state index in [0.29, 0.717) is 5.56 Å². The maximum atomic E-state index is 12.3. The number of anilines is 3. The van der Waals surface area contributed by atoms with Crippen LogP contribution in [0.1, 0.15) is 10.4 Å². The van der Waals surface area contributed by atoms with Gasteiger partial charge in [-0.3, -0.25) is 9.78 Å². The van der Waals surface area contributed by atoms with E-state index in [1.807, 2.05) is 84.9 Å². The van der Waals surface area contributed by atoms with Gasteiger partial charge in [-0.05, 0) is 48.5 Å². The van der Waals surface area contributed by atoms with Gasteiger partial charge in [0, 0.05) is 34.2 Å². The fraction of sp³-hybridized carbons (Fsp3) is 0. The largest absolute Gasteiger partial charge is 0.355 e. The topological polar surface area (TPSA) is 54.0 Å². The summed E-state index contributed by atoms with van der Waals surface area (Å²) in [6.07, 6.45) is 1.78. The molecule has 4 heteroatoms. The third-order valence-electron chi connectivity index (χ3n) is 4.11. The lowest BCUT2D eigenvalue weighted by atomic mass is 10.1. The Morgan fingerprint density at radius 2 is 1.46 bits per heavy atom. The normalized spacial score (nSPS) is 10.5. The van der Waals surface area contributed by atoms with Gasteiger partial charge in [0.15, 0.2) is 0 Å². The molecule has 126 valence electrons. The fourth-order valence-corrected chi connectivity index (χ4v) is 2.79. The Bertz CT molecular complexity index is 1040. The molecule has 0 unspecified atom stereocenters. The van der Waals surface area contributed by atoms with E-state index >= 15 is 0 Å². The van der Waals surface area contributed by atoms with Crippen molar-refractivity contribution in [3.8, 4) is 0 Å². The average molecular weight is 339 g/mol. The Balaban J connectivity index is 1.51. The molecule has 0 saturated carbocycles. The number of nitrogens with one attached hydrogen (secondary N) is 2. The number of nitrogens with zero attached hydrogens (tertiary/aromatic N) is 1. The molecule has 0 aliphatic carbocycles. The van der Waals surface area contributed by atoms with Crippen LogP contribution in [0.4, 0.5) is 17.1 Å². The highest BCUT2D eigenvalue weighted by Gasteiger charge is 2.07. The smallest absolute Gasteiger partial charge is 0.255 e. The molecule has 0 aliphatic rings. The zero-order valence-electron chi connectivity index (χ0n) is 14.0. The van der Waals surface area contributed by atoms with Gasteiger partial charge in [0.1, 0.15) is 0 Å². The summed E-state index contributed by atoms with van der Waals surface area (Å²) in [6.45, 7) is 0. The summed E-state index contributed by atoms with van der Waals surface area (Å²) >= 11 is 0. The minimum atomic E-state index is -0.128. The zero-order valence-corrected chi connectivity index (χ0v) is 14.0. The summed E-state index contributed by atoms with van der Waals surface area (Å²) in [5, 5.41) is 7.33. The number of para-hydroxylation sites is 2. The molecule has 4 aromatic rings. The summed E-state index contributed by atoms with van der Waals surface area (Å²) in [6, 6.07) is 26.8.